The number of benzene rings is 2. The molecule has 3 aliphatic rings. The standard InChI is InChI=1S/C23H15BrN2O2/c24-18-14-20(28)23-17(18)12-7-13-19(27)22(23)26(16-10-5-2-6-11-16)25-21(23)15-8-3-1-4-9-15/h1-14,22H. The summed E-state index contributed by atoms with van der Waals surface area (Å²) in [5, 5.41) is 6.56. The van der Waals surface area contributed by atoms with Gasteiger partial charge in [-0.1, -0.05) is 76.6 Å². The van der Waals surface area contributed by atoms with Gasteiger partial charge in [0.15, 0.2) is 11.6 Å². The number of nitrogens with zero attached hydrogens (tertiary/aromatic N) is 2. The van der Waals surface area contributed by atoms with Gasteiger partial charge in [-0.05, 0) is 35.4 Å². The maximum Gasteiger partial charge on any atom is 0.182 e. The summed E-state index contributed by atoms with van der Waals surface area (Å²) in [5.41, 5.74) is 1.80. The molecule has 0 N–H and O–H groups in total. The summed E-state index contributed by atoms with van der Waals surface area (Å²) in [4.78, 5) is 26.7. The van der Waals surface area contributed by atoms with Crippen LogP contribution in [0.5, 0.6) is 0 Å². The summed E-state index contributed by atoms with van der Waals surface area (Å²) in [6.45, 7) is 0. The first kappa shape index (κ1) is 17.1. The number of para-hydroxylation sites is 1. The van der Waals surface area contributed by atoms with Gasteiger partial charge in [-0.2, -0.15) is 5.10 Å². The van der Waals surface area contributed by atoms with Crippen molar-refractivity contribution in [2.75, 3.05) is 5.01 Å². The van der Waals surface area contributed by atoms with E-state index in [2.05, 4.69) is 15.9 Å². The van der Waals surface area contributed by atoms with Gasteiger partial charge in [0.25, 0.3) is 0 Å². The molecule has 0 saturated heterocycles. The Morgan fingerprint density at radius 2 is 1.64 bits per heavy atom. The van der Waals surface area contributed by atoms with Crippen molar-refractivity contribution in [2.45, 2.75) is 6.04 Å². The fraction of sp³-hybridized carbons (Fsp3) is 0.0870. The number of carbonyl (C=O) groups excluding carboxylic acids is 2. The molecule has 0 bridgehead atoms. The monoisotopic (exact) mass is 430 g/mol. The van der Waals surface area contributed by atoms with E-state index in [-0.39, 0.29) is 11.6 Å². The third kappa shape index (κ3) is 2.20. The minimum Gasteiger partial charge on any atom is -0.293 e. The number of carbonyl (C=O) groups is 2. The molecule has 28 heavy (non-hydrogen) atoms. The summed E-state index contributed by atoms with van der Waals surface area (Å²) >= 11 is 3.54. The SMILES string of the molecule is O=C1C=CC=C2C(Br)=CC(=O)C23C(c2ccccc2)=NN(c2ccccc2)C13. The van der Waals surface area contributed by atoms with E-state index in [0.29, 0.717) is 10.2 Å². The van der Waals surface area contributed by atoms with Crippen LogP contribution in [0.15, 0.2) is 100 Å². The first-order valence-electron chi connectivity index (χ1n) is 8.97. The second-order valence-corrected chi connectivity index (χ2v) is 7.76. The van der Waals surface area contributed by atoms with Crippen LogP contribution >= 0.6 is 15.9 Å². The average molecular weight is 431 g/mol. The molecule has 2 aromatic rings. The zero-order chi connectivity index (χ0) is 19.3. The molecule has 1 spiro atoms. The number of hydrazone groups is 1. The van der Waals surface area contributed by atoms with E-state index in [1.54, 1.807) is 17.2 Å². The van der Waals surface area contributed by atoms with Gasteiger partial charge in [-0.25, -0.2) is 0 Å². The van der Waals surface area contributed by atoms with Crippen LogP contribution < -0.4 is 5.01 Å². The van der Waals surface area contributed by atoms with E-state index < -0.39 is 11.5 Å². The summed E-state index contributed by atoms with van der Waals surface area (Å²) in [6, 6.07) is 18.4. The zero-order valence-corrected chi connectivity index (χ0v) is 16.3. The fourth-order valence-corrected chi connectivity index (χ4v) is 4.91. The third-order valence-corrected chi connectivity index (χ3v) is 6.08. The van der Waals surface area contributed by atoms with Crippen molar-refractivity contribution in [3.63, 3.8) is 0 Å². The predicted octanol–water partition coefficient (Wildman–Crippen LogP) is 4.19. The molecule has 136 valence electrons. The Bertz CT molecular complexity index is 1120. The van der Waals surface area contributed by atoms with Crippen molar-refractivity contribution in [2.24, 2.45) is 10.5 Å². The Hall–Kier alpha value is -3.05. The van der Waals surface area contributed by atoms with Crippen LogP contribution in [0, 0.1) is 5.41 Å². The van der Waals surface area contributed by atoms with Crippen molar-refractivity contribution in [1.29, 1.82) is 0 Å². The molecule has 0 fully saturated rings. The number of hydrogen-bond acceptors (Lipinski definition) is 4. The first-order chi connectivity index (χ1) is 13.6. The Balaban J connectivity index is 1.82. The van der Waals surface area contributed by atoms with Crippen LogP contribution in [0.25, 0.3) is 0 Å². The van der Waals surface area contributed by atoms with Crippen LogP contribution in [0.1, 0.15) is 5.56 Å². The quantitative estimate of drug-likeness (QED) is 0.717. The van der Waals surface area contributed by atoms with Crippen molar-refractivity contribution in [3.05, 3.63) is 101 Å². The van der Waals surface area contributed by atoms with Gasteiger partial charge in [0.05, 0.1) is 11.4 Å². The third-order valence-electron chi connectivity index (χ3n) is 5.43. The van der Waals surface area contributed by atoms with E-state index in [1.165, 1.54) is 6.08 Å². The minimum absolute atomic E-state index is 0.131. The largest absolute Gasteiger partial charge is 0.293 e. The molecule has 4 nitrogen and oxygen atoms in total. The normalized spacial score (nSPS) is 25.7. The van der Waals surface area contributed by atoms with Gasteiger partial charge in [-0.3, -0.25) is 14.6 Å². The first-order valence-corrected chi connectivity index (χ1v) is 9.77. The Kier molecular flexibility index (Phi) is 3.81. The van der Waals surface area contributed by atoms with Gasteiger partial charge in [0.2, 0.25) is 0 Å². The number of halogens is 1. The lowest BCUT2D eigenvalue weighted by molar-refractivity contribution is -0.124. The highest BCUT2D eigenvalue weighted by Gasteiger charge is 2.63. The van der Waals surface area contributed by atoms with Crippen LogP contribution in [0.2, 0.25) is 0 Å². The van der Waals surface area contributed by atoms with Crippen molar-refractivity contribution < 1.29 is 9.59 Å². The lowest BCUT2D eigenvalue weighted by Gasteiger charge is -2.33. The maximum atomic E-state index is 13.4. The molecular formula is C23H15BrN2O2. The van der Waals surface area contributed by atoms with E-state index in [9.17, 15) is 9.59 Å². The van der Waals surface area contributed by atoms with E-state index >= 15 is 0 Å². The number of anilines is 1. The number of allylic oxidation sites excluding steroid dienone is 4. The molecule has 1 heterocycles. The number of ketones is 2. The Labute approximate surface area is 170 Å². The van der Waals surface area contributed by atoms with Crippen LogP contribution in [0.4, 0.5) is 5.69 Å². The molecule has 2 atom stereocenters. The van der Waals surface area contributed by atoms with Crippen molar-refractivity contribution in [1.82, 2.24) is 0 Å². The zero-order valence-electron chi connectivity index (χ0n) is 14.7. The minimum atomic E-state index is -1.17. The van der Waals surface area contributed by atoms with Crippen LogP contribution in [0.3, 0.4) is 0 Å². The lowest BCUT2D eigenvalue weighted by Crippen LogP contribution is -2.52. The second-order valence-electron chi connectivity index (χ2n) is 6.90. The van der Waals surface area contributed by atoms with Crippen LogP contribution in [-0.2, 0) is 9.59 Å². The van der Waals surface area contributed by atoms with Gasteiger partial charge in [-0.15, -0.1) is 0 Å². The van der Waals surface area contributed by atoms with Gasteiger partial charge in [0.1, 0.15) is 11.5 Å². The Morgan fingerprint density at radius 3 is 2.36 bits per heavy atom. The smallest absolute Gasteiger partial charge is 0.182 e. The molecule has 0 amide bonds. The topological polar surface area (TPSA) is 49.7 Å². The van der Waals surface area contributed by atoms with Crippen molar-refractivity contribution >= 4 is 38.9 Å². The fourth-order valence-electron chi connectivity index (χ4n) is 4.26. The van der Waals surface area contributed by atoms with Gasteiger partial charge in [0, 0.05) is 4.48 Å². The molecular weight excluding hydrogens is 416 g/mol. The van der Waals surface area contributed by atoms with Crippen molar-refractivity contribution in [3.8, 4) is 0 Å². The highest BCUT2D eigenvalue weighted by atomic mass is 79.9. The number of rotatable bonds is 2. The molecule has 2 unspecified atom stereocenters. The molecule has 2 aromatic carbocycles. The summed E-state index contributed by atoms with van der Waals surface area (Å²) in [5.74, 6) is -0.276. The molecule has 0 aromatic heterocycles. The summed E-state index contributed by atoms with van der Waals surface area (Å²) in [7, 11) is 0. The summed E-state index contributed by atoms with van der Waals surface area (Å²) in [6.07, 6.45) is 6.66. The highest BCUT2D eigenvalue weighted by molar-refractivity contribution is 9.12. The summed E-state index contributed by atoms with van der Waals surface area (Å²) < 4.78 is 0.695. The van der Waals surface area contributed by atoms with E-state index in [1.807, 2.05) is 66.7 Å². The molecule has 1 aliphatic heterocycles. The molecule has 0 saturated carbocycles. The highest BCUT2D eigenvalue weighted by Crippen LogP contribution is 2.54. The average Bonchev–Trinajstić information content (AvgIpc) is 3.14. The molecule has 2 aliphatic carbocycles. The second kappa shape index (κ2) is 6.24. The van der Waals surface area contributed by atoms with E-state index in [0.717, 1.165) is 16.8 Å². The predicted molar refractivity (Wildman–Crippen MR) is 112 cm³/mol. The van der Waals surface area contributed by atoms with Gasteiger partial charge < -0.3 is 0 Å². The van der Waals surface area contributed by atoms with E-state index in [4.69, 9.17) is 5.10 Å². The molecule has 5 heteroatoms. The molecule has 0 radical (unpaired) electrons. The van der Waals surface area contributed by atoms with Crippen LogP contribution in [-0.4, -0.2) is 23.3 Å². The maximum absolute atomic E-state index is 13.4. The molecule has 5 rings (SSSR count). The Morgan fingerprint density at radius 1 is 0.964 bits per heavy atom. The number of hydrogen-bond donors (Lipinski definition) is 0. The van der Waals surface area contributed by atoms with Gasteiger partial charge >= 0.3 is 0 Å². The lowest BCUT2D eigenvalue weighted by atomic mass is 9.68.